The molecule has 1 N–H and O–H groups in total. The molecule has 1 atom stereocenters. The van der Waals surface area contributed by atoms with E-state index in [2.05, 4.69) is 36.5 Å². The number of fused-ring (bicyclic) bond motifs is 1. The van der Waals surface area contributed by atoms with E-state index in [1.165, 1.54) is 42.3 Å². The third-order valence-electron chi connectivity index (χ3n) is 4.40. The first-order valence-electron chi connectivity index (χ1n) is 7.40. The van der Waals surface area contributed by atoms with Crippen molar-refractivity contribution >= 4 is 10.9 Å². The molecule has 1 aromatic heterocycles. The Labute approximate surface area is 115 Å². The average molecular weight is 257 g/mol. The van der Waals surface area contributed by atoms with Gasteiger partial charge in [-0.05, 0) is 31.9 Å². The maximum absolute atomic E-state index is 4.76. The van der Waals surface area contributed by atoms with E-state index in [-0.39, 0.29) is 5.54 Å². The fourth-order valence-corrected chi connectivity index (χ4v) is 3.54. The van der Waals surface area contributed by atoms with Crippen molar-refractivity contribution in [2.75, 3.05) is 6.54 Å². The van der Waals surface area contributed by atoms with E-state index in [1.54, 1.807) is 0 Å². The molecule has 0 aliphatic carbocycles. The zero-order chi connectivity index (χ0) is 13.3. The zero-order valence-electron chi connectivity index (χ0n) is 11.9. The Morgan fingerprint density at radius 1 is 1.37 bits per heavy atom. The molecule has 102 valence electrons. The first-order valence-corrected chi connectivity index (χ1v) is 7.40. The SMILES string of the molecule is CCCC1(Cc2nn(C)c3ccccc23)CCCN1. The highest BCUT2D eigenvalue weighted by Gasteiger charge is 2.33. The summed E-state index contributed by atoms with van der Waals surface area (Å²) < 4.78 is 2.01. The smallest absolute Gasteiger partial charge is 0.0721 e. The highest BCUT2D eigenvalue weighted by Crippen LogP contribution is 2.30. The molecule has 0 spiro atoms. The van der Waals surface area contributed by atoms with Crippen LogP contribution >= 0.6 is 0 Å². The lowest BCUT2D eigenvalue weighted by Gasteiger charge is -2.28. The molecule has 1 aliphatic rings. The van der Waals surface area contributed by atoms with Crippen LogP contribution in [0.5, 0.6) is 0 Å². The van der Waals surface area contributed by atoms with Gasteiger partial charge >= 0.3 is 0 Å². The first-order chi connectivity index (χ1) is 9.24. The molecule has 1 unspecified atom stereocenters. The molecule has 1 aliphatic heterocycles. The molecular weight excluding hydrogens is 234 g/mol. The van der Waals surface area contributed by atoms with Crippen LogP contribution in [0.4, 0.5) is 0 Å². The van der Waals surface area contributed by atoms with E-state index in [1.807, 2.05) is 11.7 Å². The van der Waals surface area contributed by atoms with Crippen LogP contribution in [0.1, 0.15) is 38.3 Å². The molecule has 1 aromatic carbocycles. The minimum atomic E-state index is 0.284. The molecular formula is C16H23N3. The van der Waals surface area contributed by atoms with Crippen molar-refractivity contribution in [1.82, 2.24) is 15.1 Å². The average Bonchev–Trinajstić information content (AvgIpc) is 2.98. The molecule has 3 rings (SSSR count). The number of aryl methyl sites for hydroxylation is 1. The summed E-state index contributed by atoms with van der Waals surface area (Å²) >= 11 is 0. The van der Waals surface area contributed by atoms with Gasteiger partial charge in [0.25, 0.3) is 0 Å². The van der Waals surface area contributed by atoms with E-state index in [0.717, 1.165) is 13.0 Å². The van der Waals surface area contributed by atoms with Crippen molar-refractivity contribution in [1.29, 1.82) is 0 Å². The highest BCUT2D eigenvalue weighted by atomic mass is 15.3. The number of hydrogen-bond donors (Lipinski definition) is 1. The van der Waals surface area contributed by atoms with Crippen LogP contribution in [0.2, 0.25) is 0 Å². The summed E-state index contributed by atoms with van der Waals surface area (Å²) in [6, 6.07) is 8.55. The fourth-order valence-electron chi connectivity index (χ4n) is 3.54. The fraction of sp³-hybridized carbons (Fsp3) is 0.562. The van der Waals surface area contributed by atoms with E-state index >= 15 is 0 Å². The van der Waals surface area contributed by atoms with Gasteiger partial charge in [-0.3, -0.25) is 4.68 Å². The second kappa shape index (κ2) is 4.97. The van der Waals surface area contributed by atoms with Crippen LogP contribution in [0.3, 0.4) is 0 Å². The van der Waals surface area contributed by atoms with Crippen LogP contribution in [0.25, 0.3) is 10.9 Å². The van der Waals surface area contributed by atoms with Crippen molar-refractivity contribution < 1.29 is 0 Å². The molecule has 19 heavy (non-hydrogen) atoms. The van der Waals surface area contributed by atoms with Gasteiger partial charge in [0.1, 0.15) is 0 Å². The summed E-state index contributed by atoms with van der Waals surface area (Å²) in [7, 11) is 2.04. The summed E-state index contributed by atoms with van der Waals surface area (Å²) in [5.41, 5.74) is 2.77. The largest absolute Gasteiger partial charge is 0.311 e. The Kier molecular flexibility index (Phi) is 3.31. The summed E-state index contributed by atoms with van der Waals surface area (Å²) in [4.78, 5) is 0. The second-order valence-electron chi connectivity index (χ2n) is 5.82. The Bertz CT molecular complexity index is 564. The molecule has 3 nitrogen and oxygen atoms in total. The number of benzene rings is 1. The third-order valence-corrected chi connectivity index (χ3v) is 4.40. The topological polar surface area (TPSA) is 29.9 Å². The minimum absolute atomic E-state index is 0.284. The third kappa shape index (κ3) is 2.27. The van der Waals surface area contributed by atoms with Crippen molar-refractivity contribution in [3.8, 4) is 0 Å². The molecule has 2 aromatic rings. The molecule has 2 heterocycles. The van der Waals surface area contributed by atoms with Gasteiger partial charge in [-0.15, -0.1) is 0 Å². The van der Waals surface area contributed by atoms with Crippen LogP contribution in [0.15, 0.2) is 24.3 Å². The van der Waals surface area contributed by atoms with Gasteiger partial charge in [-0.25, -0.2) is 0 Å². The number of para-hydroxylation sites is 1. The molecule has 0 saturated carbocycles. The Hall–Kier alpha value is -1.35. The lowest BCUT2D eigenvalue weighted by atomic mass is 9.86. The van der Waals surface area contributed by atoms with Gasteiger partial charge in [0, 0.05) is 24.4 Å². The molecule has 1 fully saturated rings. The molecule has 0 amide bonds. The number of aromatic nitrogens is 2. The van der Waals surface area contributed by atoms with E-state index in [0.29, 0.717) is 0 Å². The van der Waals surface area contributed by atoms with E-state index in [9.17, 15) is 0 Å². The lowest BCUT2D eigenvalue weighted by molar-refractivity contribution is 0.339. The monoisotopic (exact) mass is 257 g/mol. The van der Waals surface area contributed by atoms with Gasteiger partial charge in [-0.1, -0.05) is 31.5 Å². The first kappa shape index (κ1) is 12.7. The zero-order valence-corrected chi connectivity index (χ0v) is 11.9. The number of nitrogens with zero attached hydrogens (tertiary/aromatic N) is 2. The van der Waals surface area contributed by atoms with E-state index in [4.69, 9.17) is 5.10 Å². The van der Waals surface area contributed by atoms with Gasteiger partial charge in [0.05, 0.1) is 11.2 Å². The number of hydrogen-bond acceptors (Lipinski definition) is 2. The van der Waals surface area contributed by atoms with Crippen LogP contribution < -0.4 is 5.32 Å². The molecule has 3 heteroatoms. The predicted octanol–water partition coefficient (Wildman–Crippen LogP) is 3.04. The van der Waals surface area contributed by atoms with Gasteiger partial charge < -0.3 is 5.32 Å². The second-order valence-corrected chi connectivity index (χ2v) is 5.82. The van der Waals surface area contributed by atoms with Crippen molar-refractivity contribution in [3.05, 3.63) is 30.0 Å². The van der Waals surface area contributed by atoms with Crippen LogP contribution in [-0.2, 0) is 13.5 Å². The summed E-state index contributed by atoms with van der Waals surface area (Å²) in [5.74, 6) is 0. The quantitative estimate of drug-likeness (QED) is 0.912. The van der Waals surface area contributed by atoms with Gasteiger partial charge in [0.15, 0.2) is 0 Å². The number of rotatable bonds is 4. The molecule has 0 bridgehead atoms. The summed E-state index contributed by atoms with van der Waals surface area (Å²) in [6.07, 6.45) is 6.12. The van der Waals surface area contributed by atoms with Crippen molar-refractivity contribution in [2.45, 2.75) is 44.6 Å². The minimum Gasteiger partial charge on any atom is -0.311 e. The van der Waals surface area contributed by atoms with Crippen molar-refractivity contribution in [2.24, 2.45) is 7.05 Å². The van der Waals surface area contributed by atoms with Crippen LogP contribution in [0, 0.1) is 0 Å². The standard InChI is InChI=1S/C16H23N3/c1-3-9-16(10-6-11-17-16)12-14-13-7-4-5-8-15(13)19(2)18-14/h4-5,7-8,17H,3,6,9-12H2,1-2H3. The summed E-state index contributed by atoms with van der Waals surface area (Å²) in [6.45, 7) is 3.43. The molecule has 0 radical (unpaired) electrons. The normalized spacial score (nSPS) is 23.3. The van der Waals surface area contributed by atoms with Gasteiger partial charge in [-0.2, -0.15) is 5.10 Å². The Morgan fingerprint density at radius 3 is 2.95 bits per heavy atom. The lowest BCUT2D eigenvalue weighted by Crippen LogP contribution is -2.41. The predicted molar refractivity (Wildman–Crippen MR) is 79.3 cm³/mol. The van der Waals surface area contributed by atoms with Gasteiger partial charge in [0.2, 0.25) is 0 Å². The van der Waals surface area contributed by atoms with Crippen LogP contribution in [-0.4, -0.2) is 21.9 Å². The van der Waals surface area contributed by atoms with E-state index < -0.39 is 0 Å². The maximum Gasteiger partial charge on any atom is 0.0721 e. The molecule has 1 saturated heterocycles. The maximum atomic E-state index is 4.76. The number of nitrogens with one attached hydrogen (secondary N) is 1. The Balaban J connectivity index is 1.96. The summed E-state index contributed by atoms with van der Waals surface area (Å²) in [5, 5.41) is 9.82. The highest BCUT2D eigenvalue weighted by molar-refractivity contribution is 5.82. The van der Waals surface area contributed by atoms with Crippen molar-refractivity contribution in [3.63, 3.8) is 0 Å². The Morgan fingerprint density at radius 2 is 2.21 bits per heavy atom.